The van der Waals surface area contributed by atoms with Gasteiger partial charge in [-0.1, -0.05) is 48.0 Å². The van der Waals surface area contributed by atoms with E-state index in [1.165, 1.54) is 0 Å². The molecule has 0 radical (unpaired) electrons. The van der Waals surface area contributed by atoms with E-state index in [4.69, 9.17) is 16.0 Å². The first-order valence-corrected chi connectivity index (χ1v) is 9.67. The van der Waals surface area contributed by atoms with E-state index in [1.807, 2.05) is 68.4 Å². The number of benzene rings is 2. The molecule has 0 aliphatic carbocycles. The fourth-order valence-electron chi connectivity index (χ4n) is 3.14. The Balaban J connectivity index is 1.72. The molecule has 1 unspecified atom stereocenters. The van der Waals surface area contributed by atoms with Gasteiger partial charge >= 0.3 is 0 Å². The highest BCUT2D eigenvalue weighted by molar-refractivity contribution is 6.30. The maximum Gasteiger partial charge on any atom is 0.270 e. The van der Waals surface area contributed by atoms with Gasteiger partial charge in [-0.2, -0.15) is 5.10 Å². The summed E-state index contributed by atoms with van der Waals surface area (Å²) in [6.07, 6.45) is 0. The third kappa shape index (κ3) is 4.10. The van der Waals surface area contributed by atoms with Crippen LogP contribution in [0.3, 0.4) is 0 Å². The van der Waals surface area contributed by atoms with E-state index in [2.05, 4.69) is 10.4 Å². The van der Waals surface area contributed by atoms with Crippen LogP contribution in [-0.4, -0.2) is 15.7 Å². The van der Waals surface area contributed by atoms with Gasteiger partial charge in [-0.3, -0.25) is 4.79 Å². The summed E-state index contributed by atoms with van der Waals surface area (Å²) in [5, 5.41) is 8.22. The van der Waals surface area contributed by atoms with Crippen molar-refractivity contribution in [1.29, 1.82) is 0 Å². The molecule has 0 bridgehead atoms. The highest BCUT2D eigenvalue weighted by Crippen LogP contribution is 2.25. The molecule has 4 aromatic rings. The summed E-state index contributed by atoms with van der Waals surface area (Å²) in [5.41, 5.74) is 2.70. The van der Waals surface area contributed by atoms with Crippen molar-refractivity contribution in [1.82, 2.24) is 15.1 Å². The zero-order valence-electron chi connectivity index (χ0n) is 16.1. The van der Waals surface area contributed by atoms with Crippen LogP contribution in [0.25, 0.3) is 17.1 Å². The SMILES string of the molecule is Cc1ccc(-c2cc(C(=O)NC(C)c3ccccc3)n(-c3cccc(Cl)c3)n2)o1. The van der Waals surface area contributed by atoms with E-state index in [-0.39, 0.29) is 11.9 Å². The number of aromatic nitrogens is 2. The monoisotopic (exact) mass is 405 g/mol. The Morgan fingerprint density at radius 2 is 1.86 bits per heavy atom. The summed E-state index contributed by atoms with van der Waals surface area (Å²) < 4.78 is 7.28. The molecule has 146 valence electrons. The average molecular weight is 406 g/mol. The lowest BCUT2D eigenvalue weighted by Gasteiger charge is -2.15. The molecule has 29 heavy (non-hydrogen) atoms. The molecule has 2 aromatic carbocycles. The van der Waals surface area contributed by atoms with Crippen molar-refractivity contribution in [2.24, 2.45) is 0 Å². The number of rotatable bonds is 5. The Kier molecular flexibility index (Phi) is 5.23. The van der Waals surface area contributed by atoms with E-state index in [0.717, 1.165) is 11.3 Å². The minimum atomic E-state index is -0.233. The average Bonchev–Trinajstić information content (AvgIpc) is 3.35. The Hall–Kier alpha value is -3.31. The first-order valence-electron chi connectivity index (χ1n) is 9.30. The number of nitrogens with zero attached hydrogens (tertiary/aromatic N) is 2. The largest absolute Gasteiger partial charge is 0.460 e. The summed E-state index contributed by atoms with van der Waals surface area (Å²) in [5.74, 6) is 1.15. The third-order valence-corrected chi connectivity index (χ3v) is 4.87. The van der Waals surface area contributed by atoms with Crippen LogP contribution in [0, 0.1) is 6.92 Å². The zero-order chi connectivity index (χ0) is 20.4. The number of halogens is 1. The Bertz CT molecular complexity index is 1150. The third-order valence-electron chi connectivity index (χ3n) is 4.63. The Labute approximate surface area is 173 Å². The van der Waals surface area contributed by atoms with Gasteiger partial charge in [0.25, 0.3) is 5.91 Å². The van der Waals surface area contributed by atoms with Crippen molar-refractivity contribution in [3.05, 3.63) is 94.8 Å². The summed E-state index contributed by atoms with van der Waals surface area (Å²) >= 11 is 6.16. The highest BCUT2D eigenvalue weighted by atomic mass is 35.5. The van der Waals surface area contributed by atoms with E-state index in [9.17, 15) is 4.79 Å². The quantitative estimate of drug-likeness (QED) is 0.471. The molecule has 0 spiro atoms. The van der Waals surface area contributed by atoms with Crippen molar-refractivity contribution in [2.75, 3.05) is 0 Å². The highest BCUT2D eigenvalue weighted by Gasteiger charge is 2.21. The molecule has 0 aliphatic rings. The smallest absolute Gasteiger partial charge is 0.270 e. The van der Waals surface area contributed by atoms with Gasteiger partial charge in [0.2, 0.25) is 0 Å². The van der Waals surface area contributed by atoms with Crippen molar-refractivity contribution in [3.8, 4) is 17.1 Å². The number of hydrogen-bond donors (Lipinski definition) is 1. The minimum Gasteiger partial charge on any atom is -0.460 e. The number of amides is 1. The van der Waals surface area contributed by atoms with E-state index in [0.29, 0.717) is 27.9 Å². The molecule has 0 saturated heterocycles. The van der Waals surface area contributed by atoms with Crippen LogP contribution in [-0.2, 0) is 0 Å². The number of furan rings is 1. The number of hydrogen-bond acceptors (Lipinski definition) is 3. The van der Waals surface area contributed by atoms with E-state index < -0.39 is 0 Å². The number of aryl methyl sites for hydroxylation is 1. The van der Waals surface area contributed by atoms with Gasteiger partial charge in [-0.25, -0.2) is 4.68 Å². The first kappa shape index (κ1) is 19.0. The predicted octanol–water partition coefficient (Wildman–Crippen LogP) is 5.59. The van der Waals surface area contributed by atoms with Crippen LogP contribution in [0.5, 0.6) is 0 Å². The Morgan fingerprint density at radius 3 is 2.55 bits per heavy atom. The van der Waals surface area contributed by atoms with Crippen molar-refractivity contribution in [3.63, 3.8) is 0 Å². The normalized spacial score (nSPS) is 12.0. The molecular formula is C23H20ClN3O2. The maximum absolute atomic E-state index is 13.1. The summed E-state index contributed by atoms with van der Waals surface area (Å²) in [7, 11) is 0. The summed E-state index contributed by atoms with van der Waals surface area (Å²) in [6.45, 7) is 3.82. The van der Waals surface area contributed by atoms with Gasteiger partial charge in [0.15, 0.2) is 5.76 Å². The molecule has 0 fully saturated rings. The van der Waals surface area contributed by atoms with Gasteiger partial charge in [0, 0.05) is 11.1 Å². The topological polar surface area (TPSA) is 60.1 Å². The first-order chi connectivity index (χ1) is 14.0. The van der Waals surface area contributed by atoms with Crippen LogP contribution in [0.15, 0.2) is 77.2 Å². The van der Waals surface area contributed by atoms with Gasteiger partial charge in [-0.15, -0.1) is 0 Å². The standard InChI is InChI=1S/C23H20ClN3O2/c1-15-11-12-22(29-15)20-14-21(27(26-20)19-10-6-9-18(24)13-19)23(28)25-16(2)17-7-4-3-5-8-17/h3-14,16H,1-2H3,(H,25,28). The number of nitrogens with one attached hydrogen (secondary N) is 1. The van der Waals surface area contributed by atoms with Crippen LogP contribution in [0.4, 0.5) is 0 Å². The van der Waals surface area contributed by atoms with Crippen LogP contribution in [0.2, 0.25) is 5.02 Å². The van der Waals surface area contributed by atoms with Gasteiger partial charge in [0.1, 0.15) is 17.1 Å². The lowest BCUT2D eigenvalue weighted by Crippen LogP contribution is -2.28. The molecule has 2 aromatic heterocycles. The molecule has 0 saturated carbocycles. The summed E-state index contributed by atoms with van der Waals surface area (Å²) in [6, 6.07) is 22.3. The second-order valence-corrected chi connectivity index (χ2v) is 7.26. The molecule has 4 rings (SSSR count). The van der Waals surface area contributed by atoms with Crippen molar-refractivity contribution < 1.29 is 9.21 Å². The zero-order valence-corrected chi connectivity index (χ0v) is 16.9. The van der Waals surface area contributed by atoms with Crippen molar-refractivity contribution >= 4 is 17.5 Å². The molecule has 1 amide bonds. The molecule has 5 nitrogen and oxygen atoms in total. The van der Waals surface area contributed by atoms with E-state index in [1.54, 1.807) is 22.9 Å². The fraction of sp³-hybridized carbons (Fsp3) is 0.130. The molecule has 1 atom stereocenters. The van der Waals surface area contributed by atoms with Crippen LogP contribution in [0.1, 0.15) is 34.8 Å². The molecule has 2 heterocycles. The van der Waals surface area contributed by atoms with Crippen molar-refractivity contribution in [2.45, 2.75) is 19.9 Å². The van der Waals surface area contributed by atoms with Gasteiger partial charge in [-0.05, 0) is 49.7 Å². The maximum atomic E-state index is 13.1. The molecule has 0 aliphatic heterocycles. The second kappa shape index (κ2) is 7.97. The molecular weight excluding hydrogens is 386 g/mol. The lowest BCUT2D eigenvalue weighted by atomic mass is 10.1. The second-order valence-electron chi connectivity index (χ2n) is 6.82. The Morgan fingerprint density at radius 1 is 1.07 bits per heavy atom. The number of carbonyl (C=O) groups excluding carboxylic acids is 1. The molecule has 6 heteroatoms. The minimum absolute atomic E-state index is 0.152. The fourth-order valence-corrected chi connectivity index (χ4v) is 3.32. The van der Waals surface area contributed by atoms with Gasteiger partial charge < -0.3 is 9.73 Å². The molecule has 1 N–H and O–H groups in total. The lowest BCUT2D eigenvalue weighted by molar-refractivity contribution is 0.0932. The number of carbonyl (C=O) groups is 1. The van der Waals surface area contributed by atoms with Gasteiger partial charge in [0.05, 0.1) is 11.7 Å². The predicted molar refractivity (Wildman–Crippen MR) is 113 cm³/mol. The van der Waals surface area contributed by atoms with Crippen LogP contribution < -0.4 is 5.32 Å². The summed E-state index contributed by atoms with van der Waals surface area (Å²) in [4.78, 5) is 13.1. The van der Waals surface area contributed by atoms with E-state index >= 15 is 0 Å². The van der Waals surface area contributed by atoms with Crippen LogP contribution >= 0.6 is 11.6 Å².